The molecule has 2 aliphatic rings. The molecule has 112 valence electrons. The van der Waals surface area contributed by atoms with Gasteiger partial charge in [0.15, 0.2) is 0 Å². The van der Waals surface area contributed by atoms with Crippen LogP contribution in [-0.4, -0.2) is 22.1 Å². The predicted molar refractivity (Wildman–Crippen MR) is 80.0 cm³/mol. The van der Waals surface area contributed by atoms with Gasteiger partial charge in [-0.3, -0.25) is 15.2 Å². The number of hydrazine groups is 1. The Balaban J connectivity index is 0.000001000. The van der Waals surface area contributed by atoms with Crippen molar-refractivity contribution >= 4 is 30.8 Å². The number of carboxylic acids is 1. The van der Waals surface area contributed by atoms with Crippen LogP contribution in [0, 0.1) is 11.8 Å². The first-order valence-electron chi connectivity index (χ1n) is 6.39. The zero-order valence-corrected chi connectivity index (χ0v) is 12.5. The average Bonchev–Trinajstić information content (AvgIpc) is 2.82. The van der Waals surface area contributed by atoms with Crippen LogP contribution in [0.1, 0.15) is 30.9 Å². The first kappa shape index (κ1) is 17.2. The molecule has 0 aromatic carbocycles. The number of aliphatic carboxylic acids is 1. The SMILES string of the molecule is Cl.Cl.O=C(O)C1CCC2NNC(c3cccnc3)C2C1. The molecule has 1 saturated heterocycles. The lowest BCUT2D eigenvalue weighted by Gasteiger charge is -2.31. The van der Waals surface area contributed by atoms with Crippen LogP contribution in [0.4, 0.5) is 0 Å². The predicted octanol–water partition coefficient (Wildman–Crippen LogP) is 1.94. The largest absolute Gasteiger partial charge is 0.481 e. The molecular weight excluding hydrogens is 301 g/mol. The Hall–Kier alpha value is -0.880. The fourth-order valence-corrected chi connectivity index (χ4v) is 3.17. The molecule has 1 aromatic rings. The molecule has 4 unspecified atom stereocenters. The van der Waals surface area contributed by atoms with Crippen LogP contribution in [0.15, 0.2) is 24.5 Å². The van der Waals surface area contributed by atoms with E-state index in [0.717, 1.165) is 24.8 Å². The standard InChI is InChI=1S/C13H17N3O2.2ClH/c17-13(18)8-3-4-11-10(6-8)12(16-15-11)9-2-1-5-14-7-9;;/h1-2,5,7-8,10-12,15-16H,3-4,6H2,(H,17,18);2*1H. The number of carboxylic acid groups (broad SMARTS) is 1. The van der Waals surface area contributed by atoms with E-state index >= 15 is 0 Å². The quantitative estimate of drug-likeness (QED) is 0.777. The lowest BCUT2D eigenvalue weighted by atomic mass is 9.75. The molecule has 4 atom stereocenters. The number of fused-ring (bicyclic) bond motifs is 1. The molecule has 1 aromatic heterocycles. The fraction of sp³-hybridized carbons (Fsp3) is 0.538. The Bertz CT molecular complexity index is 447. The lowest BCUT2D eigenvalue weighted by molar-refractivity contribution is -0.143. The molecule has 3 rings (SSSR count). The summed E-state index contributed by atoms with van der Waals surface area (Å²) in [5.74, 6) is -0.526. The van der Waals surface area contributed by atoms with Crippen LogP contribution in [0.25, 0.3) is 0 Å². The van der Waals surface area contributed by atoms with Crippen molar-refractivity contribution in [3.8, 4) is 0 Å². The summed E-state index contributed by atoms with van der Waals surface area (Å²) in [6.45, 7) is 0. The van der Waals surface area contributed by atoms with Gasteiger partial charge in [-0.15, -0.1) is 24.8 Å². The smallest absolute Gasteiger partial charge is 0.306 e. The summed E-state index contributed by atoms with van der Waals surface area (Å²) >= 11 is 0. The number of halogens is 2. The molecule has 2 heterocycles. The van der Waals surface area contributed by atoms with Crippen LogP contribution >= 0.6 is 24.8 Å². The molecule has 0 bridgehead atoms. The topological polar surface area (TPSA) is 74.2 Å². The van der Waals surface area contributed by atoms with Gasteiger partial charge in [0.05, 0.1) is 12.0 Å². The molecule has 0 radical (unpaired) electrons. The zero-order valence-electron chi connectivity index (χ0n) is 10.9. The fourth-order valence-electron chi connectivity index (χ4n) is 3.17. The molecule has 1 saturated carbocycles. The Kier molecular flexibility index (Phi) is 6.20. The first-order chi connectivity index (χ1) is 8.75. The molecule has 1 aliphatic heterocycles. The van der Waals surface area contributed by atoms with Crippen molar-refractivity contribution in [2.24, 2.45) is 11.8 Å². The second kappa shape index (κ2) is 7.22. The Morgan fingerprint density at radius 2 is 2.10 bits per heavy atom. The van der Waals surface area contributed by atoms with Gasteiger partial charge in [0.2, 0.25) is 0 Å². The van der Waals surface area contributed by atoms with Crippen LogP contribution in [-0.2, 0) is 4.79 Å². The van der Waals surface area contributed by atoms with Gasteiger partial charge >= 0.3 is 5.97 Å². The Labute approximate surface area is 130 Å². The van der Waals surface area contributed by atoms with E-state index in [1.54, 1.807) is 6.20 Å². The van der Waals surface area contributed by atoms with Gasteiger partial charge in [0.1, 0.15) is 0 Å². The Morgan fingerprint density at radius 3 is 2.75 bits per heavy atom. The van der Waals surface area contributed by atoms with Gasteiger partial charge in [0, 0.05) is 18.4 Å². The van der Waals surface area contributed by atoms with Crippen LogP contribution in [0.3, 0.4) is 0 Å². The van der Waals surface area contributed by atoms with Crippen LogP contribution < -0.4 is 10.9 Å². The van der Waals surface area contributed by atoms with E-state index < -0.39 is 5.97 Å². The van der Waals surface area contributed by atoms with Gasteiger partial charge in [-0.2, -0.15) is 0 Å². The number of hydrogen-bond acceptors (Lipinski definition) is 4. The summed E-state index contributed by atoms with van der Waals surface area (Å²) in [5.41, 5.74) is 7.72. The van der Waals surface area contributed by atoms with Gasteiger partial charge in [0.25, 0.3) is 0 Å². The maximum absolute atomic E-state index is 11.1. The van der Waals surface area contributed by atoms with E-state index in [4.69, 9.17) is 5.11 Å². The van der Waals surface area contributed by atoms with Crippen molar-refractivity contribution in [2.45, 2.75) is 31.3 Å². The van der Waals surface area contributed by atoms with Crippen molar-refractivity contribution in [3.63, 3.8) is 0 Å². The normalized spacial score (nSPS) is 31.6. The highest BCUT2D eigenvalue weighted by molar-refractivity contribution is 5.85. The molecule has 3 N–H and O–H groups in total. The van der Waals surface area contributed by atoms with E-state index in [9.17, 15) is 4.79 Å². The molecule has 1 aliphatic carbocycles. The van der Waals surface area contributed by atoms with Gasteiger partial charge < -0.3 is 5.11 Å². The molecular formula is C13H19Cl2N3O2. The van der Waals surface area contributed by atoms with Crippen molar-refractivity contribution in [1.82, 2.24) is 15.8 Å². The third-order valence-corrected chi connectivity index (χ3v) is 4.14. The molecule has 20 heavy (non-hydrogen) atoms. The number of nitrogens with one attached hydrogen (secondary N) is 2. The monoisotopic (exact) mass is 319 g/mol. The van der Waals surface area contributed by atoms with Gasteiger partial charge in [-0.1, -0.05) is 6.07 Å². The highest BCUT2D eigenvalue weighted by atomic mass is 35.5. The minimum absolute atomic E-state index is 0. The van der Waals surface area contributed by atoms with E-state index in [-0.39, 0.29) is 36.8 Å². The van der Waals surface area contributed by atoms with Gasteiger partial charge in [-0.25, -0.2) is 5.43 Å². The summed E-state index contributed by atoms with van der Waals surface area (Å²) in [7, 11) is 0. The third-order valence-electron chi connectivity index (χ3n) is 4.14. The lowest BCUT2D eigenvalue weighted by Crippen LogP contribution is -2.36. The highest BCUT2D eigenvalue weighted by Gasteiger charge is 2.42. The third kappa shape index (κ3) is 3.23. The second-order valence-electron chi connectivity index (χ2n) is 5.17. The molecule has 5 nitrogen and oxygen atoms in total. The number of rotatable bonds is 2. The number of carbonyl (C=O) groups is 1. The summed E-state index contributed by atoms with van der Waals surface area (Å²) in [5, 5.41) is 9.16. The summed E-state index contributed by atoms with van der Waals surface area (Å²) in [6.07, 6.45) is 6.03. The maximum atomic E-state index is 11.1. The highest BCUT2D eigenvalue weighted by Crippen LogP contribution is 2.40. The van der Waals surface area contributed by atoms with E-state index in [1.807, 2.05) is 18.3 Å². The number of aromatic nitrogens is 1. The van der Waals surface area contributed by atoms with Crippen molar-refractivity contribution in [1.29, 1.82) is 0 Å². The van der Waals surface area contributed by atoms with Gasteiger partial charge in [-0.05, 0) is 36.8 Å². The van der Waals surface area contributed by atoms with Crippen molar-refractivity contribution < 1.29 is 9.90 Å². The molecule has 0 spiro atoms. The number of nitrogens with zero attached hydrogens (tertiary/aromatic N) is 1. The molecule has 0 amide bonds. The minimum Gasteiger partial charge on any atom is -0.481 e. The average molecular weight is 320 g/mol. The van der Waals surface area contributed by atoms with E-state index in [2.05, 4.69) is 15.8 Å². The van der Waals surface area contributed by atoms with E-state index in [0.29, 0.717) is 12.0 Å². The van der Waals surface area contributed by atoms with Crippen molar-refractivity contribution in [2.75, 3.05) is 0 Å². The summed E-state index contributed by atoms with van der Waals surface area (Å²) in [6, 6.07) is 4.51. The van der Waals surface area contributed by atoms with Crippen LogP contribution in [0.5, 0.6) is 0 Å². The van der Waals surface area contributed by atoms with E-state index in [1.165, 1.54) is 0 Å². The zero-order chi connectivity index (χ0) is 12.5. The first-order valence-corrected chi connectivity index (χ1v) is 6.39. The summed E-state index contributed by atoms with van der Waals surface area (Å²) < 4.78 is 0. The molecule has 2 fully saturated rings. The molecule has 7 heteroatoms. The maximum Gasteiger partial charge on any atom is 0.306 e. The Morgan fingerprint density at radius 1 is 1.30 bits per heavy atom. The summed E-state index contributed by atoms with van der Waals surface area (Å²) in [4.78, 5) is 15.3. The van der Waals surface area contributed by atoms with Crippen molar-refractivity contribution in [3.05, 3.63) is 30.1 Å². The second-order valence-corrected chi connectivity index (χ2v) is 5.17. The number of pyridine rings is 1. The van der Waals surface area contributed by atoms with Crippen LogP contribution in [0.2, 0.25) is 0 Å². The minimum atomic E-state index is -0.662. The number of hydrogen-bond donors (Lipinski definition) is 3.